The van der Waals surface area contributed by atoms with E-state index in [-0.39, 0.29) is 48.9 Å². The third-order valence-corrected chi connectivity index (χ3v) is 10.2. The van der Waals surface area contributed by atoms with Crippen molar-refractivity contribution >= 4 is 27.7 Å². The summed E-state index contributed by atoms with van der Waals surface area (Å²) in [6, 6.07) is 21.2. The van der Waals surface area contributed by atoms with Crippen LogP contribution in [0, 0.1) is 23.8 Å². The van der Waals surface area contributed by atoms with E-state index in [9.17, 15) is 9.90 Å². The maximum absolute atomic E-state index is 11.7. The summed E-state index contributed by atoms with van der Waals surface area (Å²) in [6.07, 6.45) is 9.63. The van der Waals surface area contributed by atoms with Crippen LogP contribution in [-0.4, -0.2) is 20.9 Å². The number of furan rings is 1. The van der Waals surface area contributed by atoms with Crippen LogP contribution in [0.4, 0.5) is 0 Å². The fraction of sp³-hybridized carbons (Fsp3) is 0.444. The molecule has 0 unspecified atom stereocenters. The van der Waals surface area contributed by atoms with E-state index in [0.29, 0.717) is 5.92 Å². The molecule has 2 heterocycles. The summed E-state index contributed by atoms with van der Waals surface area (Å²) < 4.78 is 6.62. The minimum Gasteiger partial charge on any atom is -0.512 e. The summed E-state index contributed by atoms with van der Waals surface area (Å²) in [5.74, 6) is 2.15. The van der Waals surface area contributed by atoms with E-state index < -0.39 is 0 Å². The fourth-order valence-electron chi connectivity index (χ4n) is 7.29. The number of benzene rings is 3. The zero-order valence-electron chi connectivity index (χ0n) is 31.9. The molecule has 0 fully saturated rings. The van der Waals surface area contributed by atoms with Crippen molar-refractivity contribution in [2.45, 2.75) is 113 Å². The van der Waals surface area contributed by atoms with E-state index >= 15 is 0 Å². The molecule has 1 aliphatic carbocycles. The molecule has 0 bridgehead atoms. The van der Waals surface area contributed by atoms with Gasteiger partial charge in [0.05, 0.1) is 11.5 Å². The minimum absolute atomic E-state index is 0. The van der Waals surface area contributed by atoms with Crippen LogP contribution in [0.15, 0.2) is 71.1 Å². The van der Waals surface area contributed by atoms with Crippen molar-refractivity contribution in [1.29, 1.82) is 0 Å². The fourth-order valence-corrected chi connectivity index (χ4v) is 7.29. The van der Waals surface area contributed by atoms with Gasteiger partial charge in [-0.15, -0.1) is 29.1 Å². The quantitative estimate of drug-likeness (QED) is 0.0860. The van der Waals surface area contributed by atoms with Crippen LogP contribution in [0.5, 0.6) is 0 Å². The van der Waals surface area contributed by atoms with Crippen LogP contribution >= 0.6 is 0 Å². The first-order chi connectivity index (χ1) is 23.9. The largest absolute Gasteiger partial charge is 0.512 e. The van der Waals surface area contributed by atoms with E-state index in [4.69, 9.17) is 9.40 Å². The third kappa shape index (κ3) is 8.90. The van der Waals surface area contributed by atoms with E-state index in [1.165, 1.54) is 39.3 Å². The summed E-state index contributed by atoms with van der Waals surface area (Å²) >= 11 is 0. The second kappa shape index (κ2) is 17.3. The SMILES string of the molecule is CC(C)Cc1ccc2c(c1)CCc1c-2oc2c(-c3[c-]c4ccccc4c(C(C)(C)C)c3)ncnc12.CCC(CC)C(=O)/C=C(\O)C(CC)CC.[Ir]. The van der Waals surface area contributed by atoms with Gasteiger partial charge in [0.25, 0.3) is 0 Å². The zero-order chi connectivity index (χ0) is 36.2. The maximum atomic E-state index is 11.7. The molecule has 1 N–H and O–H groups in total. The summed E-state index contributed by atoms with van der Waals surface area (Å²) in [5.41, 5.74) is 9.92. The van der Waals surface area contributed by atoms with Gasteiger partial charge < -0.3 is 9.52 Å². The number of hydrogen-bond acceptors (Lipinski definition) is 5. The minimum atomic E-state index is -0.00929. The van der Waals surface area contributed by atoms with Crippen LogP contribution < -0.4 is 0 Å². The molecule has 1 aliphatic rings. The van der Waals surface area contributed by atoms with Crippen molar-refractivity contribution in [2.24, 2.45) is 17.8 Å². The van der Waals surface area contributed by atoms with Gasteiger partial charge in [0.1, 0.15) is 23.2 Å². The van der Waals surface area contributed by atoms with Crippen LogP contribution in [0.3, 0.4) is 0 Å². The van der Waals surface area contributed by atoms with E-state index in [0.717, 1.165) is 78.4 Å². The number of nitrogens with zero attached hydrogens (tertiary/aromatic N) is 2. The molecular weight excluding hydrogens is 809 g/mol. The third-order valence-electron chi connectivity index (χ3n) is 10.2. The number of fused-ring (bicyclic) bond motifs is 6. The molecule has 3 aromatic carbocycles. The van der Waals surface area contributed by atoms with Crippen molar-refractivity contribution in [3.8, 4) is 22.6 Å². The van der Waals surface area contributed by atoms with Gasteiger partial charge in [0.2, 0.25) is 0 Å². The molecule has 6 rings (SSSR count). The first-order valence-electron chi connectivity index (χ1n) is 18.7. The topological polar surface area (TPSA) is 76.2 Å². The molecular formula is C45H55IrN2O3-. The zero-order valence-corrected chi connectivity index (χ0v) is 34.3. The number of aromatic nitrogens is 2. The van der Waals surface area contributed by atoms with Gasteiger partial charge in [0.15, 0.2) is 5.78 Å². The molecule has 0 amide bonds. The molecule has 0 atom stereocenters. The van der Waals surface area contributed by atoms with Crippen molar-refractivity contribution in [1.82, 2.24) is 9.97 Å². The molecule has 0 saturated heterocycles. The normalized spacial score (nSPS) is 12.9. The van der Waals surface area contributed by atoms with Crippen molar-refractivity contribution in [3.05, 3.63) is 95.0 Å². The molecule has 273 valence electrons. The number of ketones is 1. The van der Waals surface area contributed by atoms with Gasteiger partial charge in [-0.2, -0.15) is 0 Å². The first kappa shape index (κ1) is 40.2. The van der Waals surface area contributed by atoms with E-state index in [1.807, 2.05) is 27.7 Å². The molecule has 0 spiro atoms. The average Bonchev–Trinajstić information content (AvgIpc) is 3.48. The molecule has 1 radical (unpaired) electrons. The van der Waals surface area contributed by atoms with Gasteiger partial charge in [-0.05, 0) is 67.4 Å². The second-order valence-corrected chi connectivity index (χ2v) is 15.3. The van der Waals surface area contributed by atoms with Crippen molar-refractivity contribution in [2.75, 3.05) is 0 Å². The van der Waals surface area contributed by atoms with Crippen LogP contribution in [0.1, 0.15) is 110 Å². The Bertz CT molecular complexity index is 1990. The second-order valence-electron chi connectivity index (χ2n) is 15.3. The van der Waals surface area contributed by atoms with Crippen LogP contribution in [0.2, 0.25) is 0 Å². The number of carbonyl (C=O) groups is 1. The van der Waals surface area contributed by atoms with Gasteiger partial charge >= 0.3 is 0 Å². The van der Waals surface area contributed by atoms with Crippen molar-refractivity contribution in [3.63, 3.8) is 0 Å². The molecule has 51 heavy (non-hydrogen) atoms. The van der Waals surface area contributed by atoms with Gasteiger partial charge in [0, 0.05) is 49.1 Å². The van der Waals surface area contributed by atoms with E-state index in [2.05, 4.69) is 94.2 Å². The molecule has 0 aliphatic heterocycles. The Morgan fingerprint density at radius 1 is 0.941 bits per heavy atom. The number of allylic oxidation sites excluding steroid dienone is 2. The van der Waals surface area contributed by atoms with Gasteiger partial charge in [-0.25, -0.2) is 4.98 Å². The first-order valence-corrected chi connectivity index (χ1v) is 18.7. The van der Waals surface area contributed by atoms with Gasteiger partial charge in [-0.1, -0.05) is 110 Å². The number of carbonyl (C=O) groups excluding carboxylic acids is 1. The number of hydrogen-bond donors (Lipinski definition) is 1. The Labute approximate surface area is 318 Å². The van der Waals surface area contributed by atoms with Gasteiger partial charge in [-0.3, -0.25) is 9.78 Å². The summed E-state index contributed by atoms with van der Waals surface area (Å²) in [5, 5.41) is 12.1. The summed E-state index contributed by atoms with van der Waals surface area (Å²) in [4.78, 5) is 21.1. The smallest absolute Gasteiger partial charge is 0.162 e. The Hall–Kier alpha value is -3.60. The number of aliphatic hydroxyl groups excluding tert-OH is 1. The molecule has 2 aromatic heterocycles. The van der Waals surface area contributed by atoms with Crippen LogP contribution in [-0.2, 0) is 49.6 Å². The molecule has 6 heteroatoms. The predicted octanol–water partition coefficient (Wildman–Crippen LogP) is 12.0. The molecule has 5 aromatic rings. The van der Waals surface area contributed by atoms with Crippen LogP contribution in [0.25, 0.3) is 44.5 Å². The number of aryl methyl sites for hydroxylation is 2. The molecule has 5 nitrogen and oxygen atoms in total. The molecule has 0 saturated carbocycles. The number of aliphatic hydroxyl groups is 1. The van der Waals surface area contributed by atoms with Crippen molar-refractivity contribution < 1.29 is 34.4 Å². The monoisotopic (exact) mass is 864 g/mol. The van der Waals surface area contributed by atoms with E-state index in [1.54, 1.807) is 6.33 Å². The Morgan fingerprint density at radius 3 is 2.27 bits per heavy atom. The number of rotatable bonds is 10. The Kier molecular flexibility index (Phi) is 13.6. The maximum Gasteiger partial charge on any atom is 0.162 e. The summed E-state index contributed by atoms with van der Waals surface area (Å²) in [7, 11) is 0. The summed E-state index contributed by atoms with van der Waals surface area (Å²) in [6.45, 7) is 19.4. The predicted molar refractivity (Wildman–Crippen MR) is 208 cm³/mol. The Balaban J connectivity index is 0.000000312. The average molecular weight is 864 g/mol. The standard InChI is InChI=1S/C32H31N2O.C13H24O2.Ir/c1-19(2)14-20-10-12-25-22(15-20)11-13-26-29-31(35-30(25)26)28(33-18-34-29)23-16-21-8-6-7-9-24(21)27(17-23)32(3,4)5;1-5-10(6-2)12(14)9-13(15)11(7-3)8-4;/h6-10,12,15,17-19H,11,13-14H2,1-5H3;9-11,14H,5-8H2,1-4H3;/q-1;;/b;12-9-;. The Morgan fingerprint density at radius 2 is 1.63 bits per heavy atom.